The summed E-state index contributed by atoms with van der Waals surface area (Å²) in [5, 5.41) is 1.78. The Bertz CT molecular complexity index is 507. The van der Waals surface area contributed by atoms with Gasteiger partial charge in [0.15, 0.2) is 0 Å². The minimum Gasteiger partial charge on any atom is -0.207 e. The normalized spacial score (nSPS) is 24.1. The van der Waals surface area contributed by atoms with E-state index in [0.717, 1.165) is 19.3 Å². The van der Waals surface area contributed by atoms with Crippen LogP contribution < -0.4 is 4.72 Å². The molecule has 1 unspecified atom stereocenters. The van der Waals surface area contributed by atoms with Crippen molar-refractivity contribution in [3.8, 4) is 0 Å². The van der Waals surface area contributed by atoms with Crippen molar-refractivity contribution in [1.82, 2.24) is 4.72 Å². The lowest BCUT2D eigenvalue weighted by Crippen LogP contribution is -2.41. The average Bonchev–Trinajstić information content (AvgIpc) is 2.74. The minimum atomic E-state index is -3.38. The molecule has 0 amide bonds. The molecule has 96 valence electrons. The third-order valence-electron chi connectivity index (χ3n) is 3.38. The van der Waals surface area contributed by atoms with Gasteiger partial charge in [0, 0.05) is 10.5 Å². The molecular formula is C11H16BrNO2S2. The zero-order valence-corrected chi connectivity index (χ0v) is 13.1. The van der Waals surface area contributed by atoms with Crippen LogP contribution in [0.15, 0.2) is 20.1 Å². The SMILES string of the molecule is CC1(C)CCCC1NS(=O)(=O)c1sccc1Br. The third-order valence-corrected chi connectivity index (χ3v) is 7.52. The minimum absolute atomic E-state index is 0.0431. The van der Waals surface area contributed by atoms with E-state index in [1.54, 1.807) is 11.4 Å². The highest BCUT2D eigenvalue weighted by atomic mass is 79.9. The molecule has 0 spiro atoms. The van der Waals surface area contributed by atoms with Gasteiger partial charge in [0.2, 0.25) is 0 Å². The van der Waals surface area contributed by atoms with Crippen molar-refractivity contribution >= 4 is 37.3 Å². The summed E-state index contributed by atoms with van der Waals surface area (Å²) in [6, 6.07) is 1.81. The Kier molecular flexibility index (Phi) is 3.69. The lowest BCUT2D eigenvalue weighted by molar-refractivity contribution is 0.313. The summed E-state index contributed by atoms with van der Waals surface area (Å²) in [7, 11) is -3.38. The predicted octanol–water partition coefficient (Wildman–Crippen LogP) is 3.37. The molecule has 17 heavy (non-hydrogen) atoms. The Morgan fingerprint density at radius 1 is 1.53 bits per heavy atom. The van der Waals surface area contributed by atoms with Crippen LogP contribution >= 0.6 is 27.3 Å². The van der Waals surface area contributed by atoms with Gasteiger partial charge in [-0.15, -0.1) is 11.3 Å². The standard InChI is InChI=1S/C11H16BrNO2S2/c1-11(2)6-3-4-9(11)13-17(14,15)10-8(12)5-7-16-10/h5,7,9,13H,3-4,6H2,1-2H3. The smallest absolute Gasteiger partial charge is 0.207 e. The fourth-order valence-corrected chi connectivity index (χ4v) is 6.05. The zero-order valence-electron chi connectivity index (χ0n) is 9.86. The van der Waals surface area contributed by atoms with Gasteiger partial charge >= 0.3 is 0 Å². The number of hydrogen-bond acceptors (Lipinski definition) is 3. The topological polar surface area (TPSA) is 46.2 Å². The first-order valence-corrected chi connectivity index (χ1v) is 8.74. The van der Waals surface area contributed by atoms with Crippen LogP contribution in [0, 0.1) is 5.41 Å². The molecule has 2 rings (SSSR count). The van der Waals surface area contributed by atoms with Gasteiger partial charge in [0.25, 0.3) is 10.0 Å². The van der Waals surface area contributed by atoms with Crippen LogP contribution in [0.2, 0.25) is 0 Å². The molecule has 1 aliphatic carbocycles. The van der Waals surface area contributed by atoms with Gasteiger partial charge in [-0.3, -0.25) is 0 Å². The largest absolute Gasteiger partial charge is 0.251 e. The maximum Gasteiger partial charge on any atom is 0.251 e. The van der Waals surface area contributed by atoms with E-state index in [0.29, 0.717) is 8.68 Å². The van der Waals surface area contributed by atoms with E-state index in [1.807, 2.05) is 0 Å². The molecule has 0 saturated heterocycles. The van der Waals surface area contributed by atoms with Crippen LogP contribution in [0.5, 0.6) is 0 Å². The maximum absolute atomic E-state index is 12.2. The highest BCUT2D eigenvalue weighted by Crippen LogP contribution is 2.38. The molecule has 1 aromatic rings. The Balaban J connectivity index is 2.22. The second-order valence-corrected chi connectivity index (χ2v) is 8.79. The van der Waals surface area contributed by atoms with E-state index < -0.39 is 10.0 Å². The Morgan fingerprint density at radius 2 is 2.24 bits per heavy atom. The fraction of sp³-hybridized carbons (Fsp3) is 0.636. The van der Waals surface area contributed by atoms with Gasteiger partial charge < -0.3 is 0 Å². The Morgan fingerprint density at radius 3 is 2.71 bits per heavy atom. The summed E-state index contributed by atoms with van der Waals surface area (Å²) in [4.78, 5) is 0. The van der Waals surface area contributed by atoms with Crippen LogP contribution in [-0.4, -0.2) is 14.5 Å². The summed E-state index contributed by atoms with van der Waals surface area (Å²) in [5.74, 6) is 0. The number of sulfonamides is 1. The van der Waals surface area contributed by atoms with Crippen molar-refractivity contribution in [2.24, 2.45) is 5.41 Å². The highest BCUT2D eigenvalue weighted by Gasteiger charge is 2.37. The first kappa shape index (κ1) is 13.5. The lowest BCUT2D eigenvalue weighted by Gasteiger charge is -2.27. The summed E-state index contributed by atoms with van der Waals surface area (Å²) in [6.45, 7) is 4.24. The van der Waals surface area contributed by atoms with E-state index in [2.05, 4.69) is 34.5 Å². The molecule has 6 heteroatoms. The predicted molar refractivity (Wildman–Crippen MR) is 73.8 cm³/mol. The van der Waals surface area contributed by atoms with E-state index in [1.165, 1.54) is 11.3 Å². The van der Waals surface area contributed by atoms with E-state index in [9.17, 15) is 8.42 Å². The number of halogens is 1. The van der Waals surface area contributed by atoms with Gasteiger partial charge in [-0.2, -0.15) is 0 Å². The van der Waals surface area contributed by atoms with Gasteiger partial charge in [0.05, 0.1) is 0 Å². The van der Waals surface area contributed by atoms with Crippen molar-refractivity contribution < 1.29 is 8.42 Å². The maximum atomic E-state index is 12.2. The molecule has 0 radical (unpaired) electrons. The summed E-state index contributed by atoms with van der Waals surface area (Å²) >= 11 is 4.51. The number of thiophene rings is 1. The van der Waals surface area contributed by atoms with E-state index in [-0.39, 0.29) is 11.5 Å². The molecule has 1 aliphatic rings. The van der Waals surface area contributed by atoms with Crippen molar-refractivity contribution in [2.45, 2.75) is 43.4 Å². The first-order valence-electron chi connectivity index (χ1n) is 5.58. The fourth-order valence-electron chi connectivity index (χ4n) is 2.26. The van der Waals surface area contributed by atoms with Gasteiger partial charge in [-0.1, -0.05) is 20.3 Å². The molecule has 1 fully saturated rings. The molecule has 1 aromatic heterocycles. The van der Waals surface area contributed by atoms with Crippen molar-refractivity contribution in [1.29, 1.82) is 0 Å². The first-order chi connectivity index (χ1) is 7.83. The van der Waals surface area contributed by atoms with Crippen LogP contribution in [-0.2, 0) is 10.0 Å². The molecule has 3 nitrogen and oxygen atoms in total. The molecule has 0 aliphatic heterocycles. The second kappa shape index (κ2) is 4.64. The van der Waals surface area contributed by atoms with Crippen LogP contribution in [0.4, 0.5) is 0 Å². The number of hydrogen-bond donors (Lipinski definition) is 1. The molecule has 1 heterocycles. The quantitative estimate of drug-likeness (QED) is 0.918. The molecule has 0 aromatic carbocycles. The second-order valence-electron chi connectivity index (χ2n) is 5.11. The zero-order chi connectivity index (χ0) is 12.7. The molecular weight excluding hydrogens is 322 g/mol. The Hall–Kier alpha value is 0.0900. The van der Waals surface area contributed by atoms with E-state index >= 15 is 0 Å². The van der Waals surface area contributed by atoms with Gasteiger partial charge in [-0.05, 0) is 45.6 Å². The van der Waals surface area contributed by atoms with Gasteiger partial charge in [0.1, 0.15) is 4.21 Å². The van der Waals surface area contributed by atoms with Crippen LogP contribution in [0.3, 0.4) is 0 Å². The molecule has 1 N–H and O–H groups in total. The Labute approximate surface area is 115 Å². The van der Waals surface area contributed by atoms with E-state index in [4.69, 9.17) is 0 Å². The lowest BCUT2D eigenvalue weighted by atomic mass is 9.88. The van der Waals surface area contributed by atoms with Crippen LogP contribution in [0.1, 0.15) is 33.1 Å². The van der Waals surface area contributed by atoms with Gasteiger partial charge in [-0.25, -0.2) is 13.1 Å². The van der Waals surface area contributed by atoms with Crippen molar-refractivity contribution in [3.05, 3.63) is 15.9 Å². The van der Waals surface area contributed by atoms with Crippen molar-refractivity contribution in [3.63, 3.8) is 0 Å². The third kappa shape index (κ3) is 2.75. The average molecular weight is 338 g/mol. The number of rotatable bonds is 3. The highest BCUT2D eigenvalue weighted by molar-refractivity contribution is 9.10. The van der Waals surface area contributed by atoms with Crippen LogP contribution in [0.25, 0.3) is 0 Å². The summed E-state index contributed by atoms with van der Waals surface area (Å²) in [5.41, 5.74) is 0.0524. The van der Waals surface area contributed by atoms with Crippen molar-refractivity contribution in [2.75, 3.05) is 0 Å². The monoisotopic (exact) mass is 337 g/mol. The summed E-state index contributed by atoms with van der Waals surface area (Å²) in [6.07, 6.45) is 3.09. The number of nitrogens with one attached hydrogen (secondary N) is 1. The molecule has 1 saturated carbocycles. The molecule has 1 atom stereocenters. The molecule has 0 bridgehead atoms. The summed E-state index contributed by atoms with van der Waals surface area (Å²) < 4.78 is 28.3.